The number of hydrogen-bond acceptors (Lipinski definition) is 0. The predicted molar refractivity (Wildman–Crippen MR) is 124 cm³/mol. The lowest BCUT2D eigenvalue weighted by atomic mass is 9.86. The first-order valence-corrected chi connectivity index (χ1v) is 9.55. The molecule has 1 heteroatoms. The Morgan fingerprint density at radius 2 is 1.46 bits per heavy atom. The minimum Gasteiger partial charge on any atom is -0.206 e. The minimum atomic E-state index is -0.189. The van der Waals surface area contributed by atoms with Crippen LogP contribution >= 0.6 is 0 Å². The Balaban J connectivity index is 0.000000295. The van der Waals surface area contributed by atoms with Gasteiger partial charge in [0.2, 0.25) is 0 Å². The van der Waals surface area contributed by atoms with Crippen molar-refractivity contribution in [3.05, 3.63) is 102 Å². The quantitative estimate of drug-likeness (QED) is 0.468. The summed E-state index contributed by atoms with van der Waals surface area (Å²) in [4.78, 5) is 0. The monoisotopic (exact) mass is 376 g/mol. The lowest BCUT2D eigenvalue weighted by molar-refractivity contribution is 0.517. The van der Waals surface area contributed by atoms with Crippen molar-refractivity contribution < 1.29 is 4.39 Å². The van der Waals surface area contributed by atoms with Crippen molar-refractivity contribution in [1.29, 1.82) is 0 Å². The summed E-state index contributed by atoms with van der Waals surface area (Å²) in [6.45, 7) is 20.4. The zero-order chi connectivity index (χ0) is 21.3. The highest BCUT2D eigenvalue weighted by atomic mass is 19.1. The molecule has 0 heterocycles. The molecular formula is C27H33F. The fraction of sp³-hybridized carbons (Fsp3) is 0.259. The SMILES string of the molecule is C=C(C)c1ccc(-c2ccccc2F)cc1.C=C/C(=C\C=C(C)C)C(C)(C)C. The Labute approximate surface area is 170 Å². The average Bonchev–Trinajstić information content (AvgIpc) is 2.62. The zero-order valence-corrected chi connectivity index (χ0v) is 18.1. The van der Waals surface area contributed by atoms with Gasteiger partial charge in [-0.05, 0) is 49.0 Å². The summed E-state index contributed by atoms with van der Waals surface area (Å²) in [6.07, 6.45) is 6.20. The van der Waals surface area contributed by atoms with E-state index in [-0.39, 0.29) is 11.2 Å². The Bertz CT molecular complexity index is 852. The maximum absolute atomic E-state index is 13.5. The number of allylic oxidation sites excluding steroid dienone is 6. The lowest BCUT2D eigenvalue weighted by Gasteiger charge is -2.19. The van der Waals surface area contributed by atoms with Crippen molar-refractivity contribution in [1.82, 2.24) is 0 Å². The van der Waals surface area contributed by atoms with Gasteiger partial charge < -0.3 is 0 Å². The predicted octanol–water partition coefficient (Wildman–Crippen LogP) is 8.64. The van der Waals surface area contributed by atoms with Crippen LogP contribution in [0.4, 0.5) is 4.39 Å². The molecule has 0 atom stereocenters. The van der Waals surface area contributed by atoms with Crippen LogP contribution in [0.1, 0.15) is 47.1 Å². The van der Waals surface area contributed by atoms with Gasteiger partial charge in [0.25, 0.3) is 0 Å². The second-order valence-corrected chi connectivity index (χ2v) is 8.16. The third-order valence-corrected chi connectivity index (χ3v) is 4.24. The van der Waals surface area contributed by atoms with Crippen LogP contribution in [0.15, 0.2) is 91.1 Å². The third-order valence-electron chi connectivity index (χ3n) is 4.24. The van der Waals surface area contributed by atoms with Crippen molar-refractivity contribution in [3.63, 3.8) is 0 Å². The average molecular weight is 377 g/mol. The summed E-state index contributed by atoms with van der Waals surface area (Å²) >= 11 is 0. The molecule has 0 bridgehead atoms. The van der Waals surface area contributed by atoms with Gasteiger partial charge in [-0.15, -0.1) is 0 Å². The van der Waals surface area contributed by atoms with Gasteiger partial charge >= 0.3 is 0 Å². The van der Waals surface area contributed by atoms with Crippen molar-refractivity contribution in [2.75, 3.05) is 0 Å². The molecule has 0 amide bonds. The standard InChI is InChI=1S/C15H13F.C12H20/c1-11(2)12-7-9-13(10-8-12)14-5-3-4-6-15(14)16;1-7-11(12(4,5)6)9-8-10(2)3/h3-10H,1H2,2H3;7-9H,1H2,2-6H3/b;11-9+. The van der Waals surface area contributed by atoms with Gasteiger partial charge in [-0.25, -0.2) is 4.39 Å². The maximum Gasteiger partial charge on any atom is 0.131 e. The molecule has 0 N–H and O–H groups in total. The zero-order valence-electron chi connectivity index (χ0n) is 18.1. The first kappa shape index (κ1) is 23.4. The molecule has 148 valence electrons. The summed E-state index contributed by atoms with van der Waals surface area (Å²) in [5.41, 5.74) is 6.43. The first-order chi connectivity index (χ1) is 13.1. The molecule has 0 fully saturated rings. The second-order valence-electron chi connectivity index (χ2n) is 8.16. The second kappa shape index (κ2) is 10.6. The number of halogens is 1. The van der Waals surface area contributed by atoms with Crippen LogP contribution in [0.3, 0.4) is 0 Å². The largest absolute Gasteiger partial charge is 0.206 e. The Morgan fingerprint density at radius 3 is 1.89 bits per heavy atom. The summed E-state index contributed by atoms with van der Waals surface area (Å²) in [5.74, 6) is -0.189. The van der Waals surface area contributed by atoms with Crippen LogP contribution in [0, 0.1) is 11.2 Å². The van der Waals surface area contributed by atoms with Crippen LogP contribution < -0.4 is 0 Å². The normalized spacial score (nSPS) is 11.2. The fourth-order valence-electron chi connectivity index (χ4n) is 2.51. The maximum atomic E-state index is 13.5. The molecule has 0 aliphatic carbocycles. The van der Waals surface area contributed by atoms with Crippen LogP contribution in [-0.4, -0.2) is 0 Å². The molecule has 0 radical (unpaired) electrons. The van der Waals surface area contributed by atoms with Crippen LogP contribution in [0.2, 0.25) is 0 Å². The van der Waals surface area contributed by atoms with Crippen LogP contribution in [0.25, 0.3) is 16.7 Å². The van der Waals surface area contributed by atoms with Gasteiger partial charge in [0.1, 0.15) is 5.82 Å². The van der Waals surface area contributed by atoms with E-state index in [1.807, 2.05) is 43.3 Å². The Hall–Kier alpha value is -2.67. The molecule has 0 unspecified atom stereocenters. The minimum absolute atomic E-state index is 0.189. The topological polar surface area (TPSA) is 0 Å². The molecule has 0 aromatic heterocycles. The highest BCUT2D eigenvalue weighted by Crippen LogP contribution is 2.26. The van der Waals surface area contributed by atoms with Crippen LogP contribution in [-0.2, 0) is 0 Å². The molecule has 2 aromatic rings. The van der Waals surface area contributed by atoms with E-state index in [1.165, 1.54) is 17.2 Å². The van der Waals surface area contributed by atoms with Crippen molar-refractivity contribution >= 4 is 5.57 Å². The number of hydrogen-bond donors (Lipinski definition) is 0. The summed E-state index contributed by atoms with van der Waals surface area (Å²) < 4.78 is 13.5. The Kier molecular flexibility index (Phi) is 8.85. The molecule has 0 saturated carbocycles. The Morgan fingerprint density at radius 1 is 0.893 bits per heavy atom. The number of rotatable bonds is 4. The molecular weight excluding hydrogens is 343 g/mol. The first-order valence-electron chi connectivity index (χ1n) is 9.55. The van der Waals surface area contributed by atoms with E-state index in [2.05, 4.69) is 59.9 Å². The van der Waals surface area contributed by atoms with Gasteiger partial charge in [-0.2, -0.15) is 0 Å². The van der Waals surface area contributed by atoms with Gasteiger partial charge in [-0.1, -0.05) is 106 Å². The van der Waals surface area contributed by atoms with Gasteiger partial charge in [0, 0.05) is 5.56 Å². The summed E-state index contributed by atoms with van der Waals surface area (Å²) in [5, 5.41) is 0. The van der Waals surface area contributed by atoms with E-state index in [4.69, 9.17) is 0 Å². The fourth-order valence-corrected chi connectivity index (χ4v) is 2.51. The van der Waals surface area contributed by atoms with Crippen LogP contribution in [0.5, 0.6) is 0 Å². The van der Waals surface area contributed by atoms with E-state index < -0.39 is 0 Å². The lowest BCUT2D eigenvalue weighted by Crippen LogP contribution is -2.06. The van der Waals surface area contributed by atoms with E-state index in [0.717, 1.165) is 16.7 Å². The summed E-state index contributed by atoms with van der Waals surface area (Å²) in [6, 6.07) is 14.6. The molecule has 0 aliphatic rings. The van der Waals surface area contributed by atoms with E-state index >= 15 is 0 Å². The van der Waals surface area contributed by atoms with Crippen molar-refractivity contribution in [2.45, 2.75) is 41.5 Å². The molecule has 2 aromatic carbocycles. The van der Waals surface area contributed by atoms with Gasteiger partial charge in [-0.3, -0.25) is 0 Å². The molecule has 0 nitrogen and oxygen atoms in total. The van der Waals surface area contributed by atoms with Crippen molar-refractivity contribution in [2.24, 2.45) is 5.41 Å². The van der Waals surface area contributed by atoms with E-state index in [1.54, 1.807) is 12.1 Å². The third kappa shape index (κ3) is 7.52. The van der Waals surface area contributed by atoms with Gasteiger partial charge in [0.05, 0.1) is 0 Å². The van der Waals surface area contributed by atoms with E-state index in [0.29, 0.717) is 5.56 Å². The highest BCUT2D eigenvalue weighted by molar-refractivity contribution is 5.68. The highest BCUT2D eigenvalue weighted by Gasteiger charge is 2.12. The van der Waals surface area contributed by atoms with Crippen molar-refractivity contribution in [3.8, 4) is 11.1 Å². The molecule has 0 spiro atoms. The number of benzene rings is 2. The molecule has 2 rings (SSSR count). The summed E-state index contributed by atoms with van der Waals surface area (Å²) in [7, 11) is 0. The molecule has 0 aliphatic heterocycles. The van der Waals surface area contributed by atoms with E-state index in [9.17, 15) is 4.39 Å². The molecule has 0 saturated heterocycles. The smallest absolute Gasteiger partial charge is 0.131 e. The molecule has 28 heavy (non-hydrogen) atoms. The van der Waals surface area contributed by atoms with Gasteiger partial charge in [0.15, 0.2) is 0 Å².